The van der Waals surface area contributed by atoms with Crippen molar-refractivity contribution in [3.05, 3.63) is 76.0 Å². The van der Waals surface area contributed by atoms with Crippen LogP contribution in [-0.2, 0) is 13.1 Å². The molecule has 0 spiro atoms. The number of aromatic nitrogens is 2. The molecule has 0 fully saturated rings. The fourth-order valence-electron chi connectivity index (χ4n) is 3.35. The number of benzene rings is 1. The minimum Gasteiger partial charge on any atom is -0.349 e. The number of hydrogen-bond donors (Lipinski definition) is 1. The molecule has 3 aromatic rings. The molecule has 0 radical (unpaired) electrons. The van der Waals surface area contributed by atoms with Gasteiger partial charge in [0, 0.05) is 42.5 Å². The Kier molecular flexibility index (Phi) is 8.58. The number of carbonyl (C=O) groups is 2. The average molecular weight is 454 g/mol. The third kappa shape index (κ3) is 6.51. The third-order valence-corrected chi connectivity index (χ3v) is 5.85. The standard InChI is InChI=1S/C24H31N5O2S/c1-4-13-29(24(31)19-9-6-5-7-10-19)16-20-11-8-14-28(20)17-22-26-21(18-32-22)23(30)25-12-15-27(2)3/h5-11,14,18H,4,12-13,15-17H2,1-3H3,(H,25,30). The zero-order chi connectivity index (χ0) is 22.9. The highest BCUT2D eigenvalue weighted by molar-refractivity contribution is 7.09. The summed E-state index contributed by atoms with van der Waals surface area (Å²) in [6.07, 6.45) is 2.88. The summed E-state index contributed by atoms with van der Waals surface area (Å²) in [5, 5.41) is 5.55. The van der Waals surface area contributed by atoms with Gasteiger partial charge in [-0.1, -0.05) is 25.1 Å². The molecular formula is C24H31N5O2S. The van der Waals surface area contributed by atoms with Gasteiger partial charge in [-0.05, 0) is 44.8 Å². The lowest BCUT2D eigenvalue weighted by Gasteiger charge is -2.23. The number of thiazole rings is 1. The third-order valence-electron chi connectivity index (χ3n) is 5.01. The first-order valence-electron chi connectivity index (χ1n) is 10.8. The van der Waals surface area contributed by atoms with E-state index in [1.54, 1.807) is 5.38 Å². The van der Waals surface area contributed by atoms with Crippen molar-refractivity contribution in [2.24, 2.45) is 0 Å². The normalized spacial score (nSPS) is 11.0. The van der Waals surface area contributed by atoms with Gasteiger partial charge >= 0.3 is 0 Å². The number of likely N-dealkylation sites (N-methyl/N-ethyl adjacent to an activating group) is 1. The SMILES string of the molecule is CCCN(Cc1cccn1Cc1nc(C(=O)NCCN(C)C)cs1)C(=O)c1ccccc1. The van der Waals surface area contributed by atoms with Gasteiger partial charge in [0.15, 0.2) is 0 Å². The lowest BCUT2D eigenvalue weighted by Crippen LogP contribution is -2.32. The number of nitrogens with one attached hydrogen (secondary N) is 1. The van der Waals surface area contributed by atoms with E-state index in [2.05, 4.69) is 21.8 Å². The van der Waals surface area contributed by atoms with E-state index >= 15 is 0 Å². The van der Waals surface area contributed by atoms with E-state index in [9.17, 15) is 9.59 Å². The molecule has 170 valence electrons. The molecule has 7 nitrogen and oxygen atoms in total. The molecule has 0 aliphatic rings. The Hall–Kier alpha value is -2.97. The van der Waals surface area contributed by atoms with Crippen LogP contribution in [-0.4, -0.2) is 64.9 Å². The Morgan fingerprint density at radius 3 is 2.59 bits per heavy atom. The number of hydrogen-bond acceptors (Lipinski definition) is 5. The highest BCUT2D eigenvalue weighted by Crippen LogP contribution is 2.16. The van der Waals surface area contributed by atoms with Crippen LogP contribution in [0.1, 0.15) is 44.9 Å². The Morgan fingerprint density at radius 2 is 1.88 bits per heavy atom. The van der Waals surface area contributed by atoms with Gasteiger partial charge in [-0.15, -0.1) is 11.3 Å². The number of rotatable bonds is 11. The van der Waals surface area contributed by atoms with Gasteiger partial charge in [-0.25, -0.2) is 4.98 Å². The molecule has 0 unspecified atom stereocenters. The van der Waals surface area contributed by atoms with Crippen molar-refractivity contribution in [1.29, 1.82) is 0 Å². The summed E-state index contributed by atoms with van der Waals surface area (Å²) in [4.78, 5) is 33.7. The molecule has 1 aromatic carbocycles. The number of carbonyl (C=O) groups excluding carboxylic acids is 2. The Balaban J connectivity index is 1.65. The predicted molar refractivity (Wildman–Crippen MR) is 128 cm³/mol. The average Bonchev–Trinajstić information content (AvgIpc) is 3.43. The fraction of sp³-hybridized carbons (Fsp3) is 0.375. The van der Waals surface area contributed by atoms with Crippen molar-refractivity contribution in [2.45, 2.75) is 26.4 Å². The highest BCUT2D eigenvalue weighted by Gasteiger charge is 2.17. The highest BCUT2D eigenvalue weighted by atomic mass is 32.1. The first-order chi connectivity index (χ1) is 15.5. The van der Waals surface area contributed by atoms with Gasteiger partial charge in [0.2, 0.25) is 0 Å². The fourth-order valence-corrected chi connectivity index (χ4v) is 4.12. The molecule has 0 aliphatic heterocycles. The van der Waals surface area contributed by atoms with Crippen LogP contribution in [0.25, 0.3) is 0 Å². The number of amides is 2. The van der Waals surface area contributed by atoms with E-state index < -0.39 is 0 Å². The van der Waals surface area contributed by atoms with E-state index in [4.69, 9.17) is 0 Å². The Labute approximate surface area is 193 Å². The molecule has 2 heterocycles. The summed E-state index contributed by atoms with van der Waals surface area (Å²) in [6, 6.07) is 13.4. The van der Waals surface area contributed by atoms with Crippen LogP contribution in [0.3, 0.4) is 0 Å². The molecule has 2 aromatic heterocycles. The maximum Gasteiger partial charge on any atom is 0.270 e. The van der Waals surface area contributed by atoms with Crippen LogP contribution in [0.5, 0.6) is 0 Å². The summed E-state index contributed by atoms with van der Waals surface area (Å²) in [6.45, 7) is 5.22. The minimum atomic E-state index is -0.148. The smallest absolute Gasteiger partial charge is 0.270 e. The van der Waals surface area contributed by atoms with Crippen LogP contribution >= 0.6 is 11.3 Å². The summed E-state index contributed by atoms with van der Waals surface area (Å²) >= 11 is 1.47. The van der Waals surface area contributed by atoms with Gasteiger partial charge in [0.1, 0.15) is 10.7 Å². The minimum absolute atomic E-state index is 0.0335. The van der Waals surface area contributed by atoms with Crippen LogP contribution in [0.4, 0.5) is 0 Å². The van der Waals surface area contributed by atoms with Crippen LogP contribution in [0, 0.1) is 0 Å². The summed E-state index contributed by atoms with van der Waals surface area (Å²) in [7, 11) is 3.94. The molecule has 0 bridgehead atoms. The molecule has 1 N–H and O–H groups in total. The lowest BCUT2D eigenvalue weighted by molar-refractivity contribution is 0.0739. The monoisotopic (exact) mass is 453 g/mol. The van der Waals surface area contributed by atoms with E-state index in [0.29, 0.717) is 37.4 Å². The van der Waals surface area contributed by atoms with Crippen molar-refractivity contribution >= 4 is 23.2 Å². The van der Waals surface area contributed by atoms with E-state index in [1.807, 2.05) is 72.6 Å². The topological polar surface area (TPSA) is 70.5 Å². The first kappa shape index (κ1) is 23.7. The molecule has 0 atom stereocenters. The second-order valence-corrected chi connectivity index (χ2v) is 8.85. The quantitative estimate of drug-likeness (QED) is 0.483. The van der Waals surface area contributed by atoms with Gasteiger partial charge in [0.25, 0.3) is 11.8 Å². The van der Waals surface area contributed by atoms with Crippen LogP contribution in [0.15, 0.2) is 54.0 Å². The number of nitrogens with zero attached hydrogens (tertiary/aromatic N) is 4. The predicted octanol–water partition coefficient (Wildman–Crippen LogP) is 3.34. The zero-order valence-corrected chi connectivity index (χ0v) is 19.8. The molecule has 8 heteroatoms. The molecular weight excluding hydrogens is 422 g/mol. The van der Waals surface area contributed by atoms with Gasteiger partial charge in [-0.2, -0.15) is 0 Å². The zero-order valence-electron chi connectivity index (χ0n) is 19.0. The summed E-state index contributed by atoms with van der Waals surface area (Å²) < 4.78 is 2.09. The lowest BCUT2D eigenvalue weighted by atomic mass is 10.2. The molecule has 0 saturated heterocycles. The van der Waals surface area contributed by atoms with Gasteiger partial charge < -0.3 is 19.7 Å². The van der Waals surface area contributed by atoms with Crippen LogP contribution < -0.4 is 5.32 Å². The summed E-state index contributed by atoms with van der Waals surface area (Å²) in [5.41, 5.74) is 2.18. The summed E-state index contributed by atoms with van der Waals surface area (Å²) in [5.74, 6) is -0.115. The second kappa shape index (κ2) is 11.6. The van der Waals surface area contributed by atoms with Crippen molar-refractivity contribution in [1.82, 2.24) is 24.7 Å². The van der Waals surface area contributed by atoms with E-state index in [-0.39, 0.29) is 11.8 Å². The van der Waals surface area contributed by atoms with Crippen molar-refractivity contribution < 1.29 is 9.59 Å². The van der Waals surface area contributed by atoms with Gasteiger partial charge in [0.05, 0.1) is 13.1 Å². The maximum atomic E-state index is 13.0. The van der Waals surface area contributed by atoms with E-state index in [0.717, 1.165) is 23.7 Å². The van der Waals surface area contributed by atoms with Crippen LogP contribution in [0.2, 0.25) is 0 Å². The van der Waals surface area contributed by atoms with Crippen molar-refractivity contribution in [3.8, 4) is 0 Å². The molecule has 0 aliphatic carbocycles. The Bertz CT molecular complexity index is 1010. The van der Waals surface area contributed by atoms with Crippen molar-refractivity contribution in [3.63, 3.8) is 0 Å². The Morgan fingerprint density at radius 1 is 1.09 bits per heavy atom. The second-order valence-electron chi connectivity index (χ2n) is 7.91. The van der Waals surface area contributed by atoms with Crippen molar-refractivity contribution in [2.75, 3.05) is 33.7 Å². The molecule has 32 heavy (non-hydrogen) atoms. The maximum absolute atomic E-state index is 13.0. The molecule has 3 rings (SSSR count). The largest absolute Gasteiger partial charge is 0.349 e. The van der Waals surface area contributed by atoms with Gasteiger partial charge in [-0.3, -0.25) is 9.59 Å². The molecule has 0 saturated carbocycles. The molecule has 2 amide bonds. The first-order valence-corrected chi connectivity index (χ1v) is 11.7. The van der Waals surface area contributed by atoms with E-state index in [1.165, 1.54) is 11.3 Å².